The number of ether oxygens (including phenoxy) is 1. The molecule has 1 aromatic carbocycles. The average molecular weight is 384 g/mol. The van der Waals surface area contributed by atoms with Crippen molar-refractivity contribution in [3.63, 3.8) is 0 Å². The largest absolute Gasteiger partial charge is 0.479 e. The molecule has 23 heavy (non-hydrogen) atoms. The second-order valence-corrected chi connectivity index (χ2v) is 7.25. The predicted octanol–water partition coefficient (Wildman–Crippen LogP) is 2.77. The minimum atomic E-state index is -1.29. The Morgan fingerprint density at radius 2 is 2.04 bits per heavy atom. The highest BCUT2D eigenvalue weighted by Gasteiger charge is 2.66. The van der Waals surface area contributed by atoms with Gasteiger partial charge in [-0.3, -0.25) is 4.79 Å². The van der Waals surface area contributed by atoms with E-state index < -0.39 is 16.9 Å². The first-order valence-corrected chi connectivity index (χ1v) is 8.43. The van der Waals surface area contributed by atoms with E-state index in [4.69, 9.17) is 4.74 Å². The molecule has 1 aromatic rings. The van der Waals surface area contributed by atoms with Crippen LogP contribution in [-0.4, -0.2) is 35.2 Å². The fourth-order valence-corrected chi connectivity index (χ4v) is 3.56. The number of hydrogen-bond donors (Lipinski definition) is 2. The first kappa shape index (κ1) is 17.9. The molecular formula is C17H22BrNO4. The molecule has 0 aromatic heterocycles. The van der Waals surface area contributed by atoms with Crippen LogP contribution in [0.15, 0.2) is 28.7 Å². The molecule has 1 amide bonds. The number of aliphatic carboxylic acids is 1. The van der Waals surface area contributed by atoms with Crippen LogP contribution in [-0.2, 0) is 20.7 Å². The maximum atomic E-state index is 12.4. The van der Waals surface area contributed by atoms with Crippen molar-refractivity contribution in [1.82, 2.24) is 5.32 Å². The van der Waals surface area contributed by atoms with Gasteiger partial charge in [0.05, 0.1) is 12.5 Å². The third kappa shape index (κ3) is 3.15. The van der Waals surface area contributed by atoms with E-state index >= 15 is 0 Å². The van der Waals surface area contributed by atoms with Gasteiger partial charge in [0.2, 0.25) is 5.91 Å². The zero-order valence-corrected chi connectivity index (χ0v) is 15.1. The Labute approximate surface area is 144 Å². The van der Waals surface area contributed by atoms with Crippen molar-refractivity contribution >= 4 is 27.8 Å². The van der Waals surface area contributed by atoms with Gasteiger partial charge in [0.25, 0.3) is 0 Å². The van der Waals surface area contributed by atoms with Crippen LogP contribution in [0.5, 0.6) is 0 Å². The number of amides is 1. The third-order valence-electron chi connectivity index (χ3n) is 4.79. The summed E-state index contributed by atoms with van der Waals surface area (Å²) in [6.07, 6.45) is 0.240. The van der Waals surface area contributed by atoms with Crippen molar-refractivity contribution in [1.29, 1.82) is 0 Å². The molecule has 0 bridgehead atoms. The van der Waals surface area contributed by atoms with E-state index in [1.807, 2.05) is 45.0 Å². The number of halogens is 1. The summed E-state index contributed by atoms with van der Waals surface area (Å²) < 4.78 is 6.43. The highest BCUT2D eigenvalue weighted by atomic mass is 79.9. The van der Waals surface area contributed by atoms with Gasteiger partial charge in [0.15, 0.2) is 0 Å². The lowest BCUT2D eigenvalue weighted by Gasteiger charge is -2.58. The smallest absolute Gasteiger partial charge is 0.330 e. The van der Waals surface area contributed by atoms with E-state index in [1.54, 1.807) is 0 Å². The van der Waals surface area contributed by atoms with Crippen molar-refractivity contribution in [3.05, 3.63) is 34.3 Å². The van der Waals surface area contributed by atoms with Gasteiger partial charge in [-0.05, 0) is 18.6 Å². The Hall–Kier alpha value is -1.40. The van der Waals surface area contributed by atoms with Crippen LogP contribution in [0.1, 0.15) is 32.8 Å². The molecule has 5 nitrogen and oxygen atoms in total. The van der Waals surface area contributed by atoms with Gasteiger partial charge in [0, 0.05) is 22.9 Å². The van der Waals surface area contributed by atoms with Crippen molar-refractivity contribution in [2.75, 3.05) is 6.61 Å². The summed E-state index contributed by atoms with van der Waals surface area (Å²) >= 11 is 3.40. The average Bonchev–Trinajstić information content (AvgIpc) is 2.48. The molecule has 2 N–H and O–H groups in total. The molecule has 1 aliphatic carbocycles. The lowest BCUT2D eigenvalue weighted by atomic mass is 9.54. The van der Waals surface area contributed by atoms with Crippen molar-refractivity contribution in [2.45, 2.75) is 45.3 Å². The number of carboxylic acids is 1. The molecule has 0 aliphatic heterocycles. The van der Waals surface area contributed by atoms with Gasteiger partial charge in [0.1, 0.15) is 5.54 Å². The Bertz CT molecular complexity index is 616. The molecule has 6 heteroatoms. The Morgan fingerprint density at radius 1 is 1.39 bits per heavy atom. The summed E-state index contributed by atoms with van der Waals surface area (Å²) in [6.45, 7) is 6.05. The topological polar surface area (TPSA) is 75.6 Å². The van der Waals surface area contributed by atoms with Crippen LogP contribution in [0, 0.1) is 5.41 Å². The number of carbonyl (C=O) groups excluding carboxylic acids is 1. The Kier molecular flexibility index (Phi) is 5.16. The second kappa shape index (κ2) is 6.61. The van der Waals surface area contributed by atoms with E-state index in [1.165, 1.54) is 0 Å². The number of carbonyl (C=O) groups is 2. The van der Waals surface area contributed by atoms with Gasteiger partial charge in [-0.2, -0.15) is 0 Å². The minimum Gasteiger partial charge on any atom is -0.479 e. The molecule has 126 valence electrons. The second-order valence-electron chi connectivity index (χ2n) is 6.40. The van der Waals surface area contributed by atoms with Gasteiger partial charge in [-0.25, -0.2) is 4.79 Å². The lowest BCUT2D eigenvalue weighted by molar-refractivity contribution is -0.194. The Balaban J connectivity index is 2.14. The van der Waals surface area contributed by atoms with Crippen LogP contribution in [0.4, 0.5) is 0 Å². The molecule has 0 spiro atoms. The molecule has 2 rings (SSSR count). The third-order valence-corrected chi connectivity index (χ3v) is 5.56. The van der Waals surface area contributed by atoms with Crippen LogP contribution in [0.2, 0.25) is 0 Å². The maximum absolute atomic E-state index is 12.4. The SMILES string of the molecule is CCOC1CC(NC(=O)Cc2ccccc2Br)(C(=O)O)C1(C)C. The summed E-state index contributed by atoms with van der Waals surface area (Å²) in [6, 6.07) is 7.41. The molecule has 0 saturated heterocycles. The number of hydrogen-bond acceptors (Lipinski definition) is 3. The summed E-state index contributed by atoms with van der Waals surface area (Å²) in [7, 11) is 0. The highest BCUT2D eigenvalue weighted by Crippen LogP contribution is 2.51. The highest BCUT2D eigenvalue weighted by molar-refractivity contribution is 9.10. The standard InChI is InChI=1S/C17H22BrNO4/c1-4-23-13-10-17(15(21)22,16(13,2)3)19-14(20)9-11-7-5-6-8-12(11)18/h5-8,13H,4,9-10H2,1-3H3,(H,19,20)(H,21,22). The van der Waals surface area contributed by atoms with E-state index in [-0.39, 0.29) is 24.9 Å². The quantitative estimate of drug-likeness (QED) is 0.791. The summed E-state index contributed by atoms with van der Waals surface area (Å²) in [4.78, 5) is 24.2. The molecule has 1 fully saturated rings. The van der Waals surface area contributed by atoms with Crippen molar-refractivity contribution in [3.8, 4) is 0 Å². The first-order chi connectivity index (χ1) is 10.7. The summed E-state index contributed by atoms with van der Waals surface area (Å²) in [5.74, 6) is -1.32. The molecule has 1 aliphatic rings. The summed E-state index contributed by atoms with van der Waals surface area (Å²) in [5.41, 5.74) is -1.13. The monoisotopic (exact) mass is 383 g/mol. The maximum Gasteiger partial charge on any atom is 0.330 e. The number of nitrogens with one attached hydrogen (secondary N) is 1. The normalized spacial score (nSPS) is 25.5. The van der Waals surface area contributed by atoms with E-state index in [9.17, 15) is 14.7 Å². The predicted molar refractivity (Wildman–Crippen MR) is 90.2 cm³/mol. The lowest BCUT2D eigenvalue weighted by Crippen LogP contribution is -2.76. The van der Waals surface area contributed by atoms with Gasteiger partial charge in [-0.15, -0.1) is 0 Å². The van der Waals surface area contributed by atoms with Gasteiger partial charge in [-0.1, -0.05) is 48.0 Å². The molecular weight excluding hydrogens is 362 g/mol. The number of rotatable bonds is 6. The molecule has 0 radical (unpaired) electrons. The molecule has 0 heterocycles. The van der Waals surface area contributed by atoms with Crippen molar-refractivity contribution < 1.29 is 19.4 Å². The van der Waals surface area contributed by atoms with Crippen LogP contribution < -0.4 is 5.32 Å². The number of benzene rings is 1. The summed E-state index contributed by atoms with van der Waals surface area (Å²) in [5, 5.41) is 12.4. The van der Waals surface area contributed by atoms with E-state index in [0.717, 1.165) is 10.0 Å². The minimum absolute atomic E-state index is 0.131. The van der Waals surface area contributed by atoms with Crippen LogP contribution in [0.3, 0.4) is 0 Å². The Morgan fingerprint density at radius 3 is 2.57 bits per heavy atom. The molecule has 1 saturated carbocycles. The zero-order chi connectivity index (χ0) is 17.3. The first-order valence-electron chi connectivity index (χ1n) is 7.64. The van der Waals surface area contributed by atoms with E-state index in [2.05, 4.69) is 21.2 Å². The van der Waals surface area contributed by atoms with Crippen LogP contribution in [0.25, 0.3) is 0 Å². The van der Waals surface area contributed by atoms with Crippen molar-refractivity contribution in [2.24, 2.45) is 5.41 Å². The van der Waals surface area contributed by atoms with Gasteiger partial charge < -0.3 is 15.2 Å². The fourth-order valence-electron chi connectivity index (χ4n) is 3.13. The fraction of sp³-hybridized carbons (Fsp3) is 0.529. The van der Waals surface area contributed by atoms with Gasteiger partial charge >= 0.3 is 5.97 Å². The zero-order valence-electron chi connectivity index (χ0n) is 13.6. The molecule has 2 atom stereocenters. The number of carboxylic acid groups (broad SMARTS) is 1. The van der Waals surface area contributed by atoms with E-state index in [0.29, 0.717) is 6.61 Å². The molecule has 2 unspecified atom stereocenters. The van der Waals surface area contributed by atoms with Crippen LogP contribution >= 0.6 is 15.9 Å².